The molecule has 1 atom stereocenters. The predicted molar refractivity (Wildman–Crippen MR) is 59.3 cm³/mol. The van der Waals surface area contributed by atoms with Gasteiger partial charge in [-0.25, -0.2) is 0 Å². The highest BCUT2D eigenvalue weighted by Gasteiger charge is 1.95. The molecule has 0 saturated carbocycles. The van der Waals surface area contributed by atoms with Crippen LogP contribution in [0.2, 0.25) is 0 Å². The fourth-order valence-electron chi connectivity index (χ4n) is 1.15. The number of rotatable bonds is 8. The Kier molecular flexibility index (Phi) is 8.30. The van der Waals surface area contributed by atoms with E-state index in [2.05, 4.69) is 26.0 Å². The molecule has 1 unspecified atom stereocenters. The Morgan fingerprint density at radius 1 is 1.36 bits per heavy atom. The van der Waals surface area contributed by atoms with E-state index in [-0.39, 0.29) is 0 Å². The van der Waals surface area contributed by atoms with Crippen LogP contribution in [0.1, 0.15) is 52.4 Å². The van der Waals surface area contributed by atoms with Crippen molar-refractivity contribution in [2.45, 2.75) is 52.4 Å². The number of allylic oxidation sites excluding steroid dienone is 2. The average Bonchev–Trinajstić information content (AvgIpc) is 2.15. The fourth-order valence-corrected chi connectivity index (χ4v) is 1.15. The summed E-state index contributed by atoms with van der Waals surface area (Å²) in [6.45, 7) is 4.44. The van der Waals surface area contributed by atoms with E-state index in [0.717, 1.165) is 31.6 Å². The molecular formula is C12H22O2. The summed E-state index contributed by atoms with van der Waals surface area (Å²) in [5, 5.41) is 8.40. The number of carboxylic acids is 1. The first-order chi connectivity index (χ1) is 6.66. The summed E-state index contributed by atoms with van der Waals surface area (Å²) in [7, 11) is 0. The maximum atomic E-state index is 10.2. The van der Waals surface area contributed by atoms with E-state index in [4.69, 9.17) is 5.11 Å². The fraction of sp³-hybridized carbons (Fsp3) is 0.750. The van der Waals surface area contributed by atoms with Gasteiger partial charge in [0.25, 0.3) is 0 Å². The lowest BCUT2D eigenvalue weighted by molar-refractivity contribution is -0.137. The molecule has 0 amide bonds. The molecule has 0 aromatic carbocycles. The van der Waals surface area contributed by atoms with Crippen LogP contribution < -0.4 is 0 Å². The van der Waals surface area contributed by atoms with Crippen molar-refractivity contribution in [3.05, 3.63) is 12.2 Å². The van der Waals surface area contributed by atoms with Gasteiger partial charge < -0.3 is 5.11 Å². The lowest BCUT2D eigenvalue weighted by Gasteiger charge is -2.02. The van der Waals surface area contributed by atoms with E-state index in [1.54, 1.807) is 0 Å². The van der Waals surface area contributed by atoms with Crippen molar-refractivity contribution in [2.24, 2.45) is 5.92 Å². The van der Waals surface area contributed by atoms with Gasteiger partial charge >= 0.3 is 5.97 Å². The molecule has 2 nitrogen and oxygen atoms in total. The molecule has 0 rings (SSSR count). The SMILES string of the molecule is CCC(C)CC=CCCCCC(=O)O. The van der Waals surface area contributed by atoms with Crippen LogP contribution in [-0.2, 0) is 4.79 Å². The number of aliphatic carboxylic acids is 1. The van der Waals surface area contributed by atoms with Crippen LogP contribution in [0, 0.1) is 5.92 Å². The normalized spacial score (nSPS) is 13.3. The highest BCUT2D eigenvalue weighted by Crippen LogP contribution is 2.08. The summed E-state index contributed by atoms with van der Waals surface area (Å²) in [4.78, 5) is 10.2. The second kappa shape index (κ2) is 8.79. The van der Waals surface area contributed by atoms with Crippen molar-refractivity contribution in [2.75, 3.05) is 0 Å². The summed E-state index contributed by atoms with van der Waals surface area (Å²) < 4.78 is 0. The minimum atomic E-state index is -0.686. The third kappa shape index (κ3) is 9.30. The minimum Gasteiger partial charge on any atom is -0.481 e. The molecule has 0 aromatic rings. The second-order valence-corrected chi connectivity index (χ2v) is 3.86. The number of hydrogen-bond donors (Lipinski definition) is 1. The molecule has 0 aliphatic heterocycles. The molecule has 0 aromatic heterocycles. The Hall–Kier alpha value is -0.790. The maximum absolute atomic E-state index is 10.2. The van der Waals surface area contributed by atoms with Crippen LogP contribution in [-0.4, -0.2) is 11.1 Å². The largest absolute Gasteiger partial charge is 0.481 e. The Balaban J connectivity index is 3.23. The first-order valence-electron chi connectivity index (χ1n) is 5.53. The topological polar surface area (TPSA) is 37.3 Å². The van der Waals surface area contributed by atoms with Crippen LogP contribution in [0.25, 0.3) is 0 Å². The maximum Gasteiger partial charge on any atom is 0.303 e. The zero-order valence-corrected chi connectivity index (χ0v) is 9.33. The second-order valence-electron chi connectivity index (χ2n) is 3.86. The number of carbonyl (C=O) groups is 1. The van der Waals surface area contributed by atoms with Gasteiger partial charge in [-0.15, -0.1) is 0 Å². The lowest BCUT2D eigenvalue weighted by atomic mass is 10.0. The van der Waals surface area contributed by atoms with E-state index in [0.29, 0.717) is 6.42 Å². The Bertz CT molecular complexity index is 173. The van der Waals surface area contributed by atoms with Crippen LogP contribution in [0.4, 0.5) is 0 Å². The quantitative estimate of drug-likeness (QED) is 0.477. The van der Waals surface area contributed by atoms with Gasteiger partial charge in [0.2, 0.25) is 0 Å². The summed E-state index contributed by atoms with van der Waals surface area (Å²) in [6, 6.07) is 0. The molecule has 14 heavy (non-hydrogen) atoms. The van der Waals surface area contributed by atoms with Crippen LogP contribution in [0.5, 0.6) is 0 Å². The van der Waals surface area contributed by atoms with Crippen molar-refractivity contribution in [3.8, 4) is 0 Å². The molecule has 0 spiro atoms. The van der Waals surface area contributed by atoms with E-state index in [9.17, 15) is 4.79 Å². The molecule has 2 heteroatoms. The van der Waals surface area contributed by atoms with Crippen molar-refractivity contribution < 1.29 is 9.90 Å². The zero-order chi connectivity index (χ0) is 10.8. The first-order valence-corrected chi connectivity index (χ1v) is 5.53. The van der Waals surface area contributed by atoms with Crippen LogP contribution >= 0.6 is 0 Å². The smallest absolute Gasteiger partial charge is 0.303 e. The molecule has 0 radical (unpaired) electrons. The standard InChI is InChI=1S/C12H22O2/c1-3-11(2)9-7-5-4-6-8-10-12(13)14/h5,7,11H,3-4,6,8-10H2,1-2H3,(H,13,14). The molecule has 0 heterocycles. The number of hydrogen-bond acceptors (Lipinski definition) is 1. The minimum absolute atomic E-state index is 0.305. The van der Waals surface area contributed by atoms with Gasteiger partial charge in [-0.05, 0) is 31.6 Å². The summed E-state index contributed by atoms with van der Waals surface area (Å²) in [5.41, 5.74) is 0. The molecular weight excluding hydrogens is 176 g/mol. The third-order valence-corrected chi connectivity index (χ3v) is 2.41. The van der Waals surface area contributed by atoms with Crippen LogP contribution in [0.3, 0.4) is 0 Å². The van der Waals surface area contributed by atoms with Crippen molar-refractivity contribution in [1.82, 2.24) is 0 Å². The summed E-state index contributed by atoms with van der Waals surface area (Å²) in [6.07, 6.45) is 9.87. The molecule has 0 aliphatic rings. The van der Waals surface area contributed by atoms with Gasteiger partial charge in [0, 0.05) is 6.42 Å². The van der Waals surface area contributed by atoms with Gasteiger partial charge in [0.1, 0.15) is 0 Å². The molecule has 82 valence electrons. The van der Waals surface area contributed by atoms with Crippen molar-refractivity contribution in [1.29, 1.82) is 0 Å². The van der Waals surface area contributed by atoms with Gasteiger partial charge in [-0.2, -0.15) is 0 Å². The molecule has 0 fully saturated rings. The van der Waals surface area contributed by atoms with Crippen molar-refractivity contribution in [3.63, 3.8) is 0 Å². The molecule has 0 aliphatic carbocycles. The van der Waals surface area contributed by atoms with Crippen LogP contribution in [0.15, 0.2) is 12.2 Å². The van der Waals surface area contributed by atoms with E-state index in [1.165, 1.54) is 6.42 Å². The third-order valence-electron chi connectivity index (χ3n) is 2.41. The predicted octanol–water partition coefficient (Wildman–Crippen LogP) is 3.62. The zero-order valence-electron chi connectivity index (χ0n) is 9.33. The lowest BCUT2D eigenvalue weighted by Crippen LogP contribution is -1.93. The van der Waals surface area contributed by atoms with E-state index in [1.807, 2.05) is 0 Å². The van der Waals surface area contributed by atoms with Gasteiger partial charge in [-0.1, -0.05) is 32.4 Å². The Morgan fingerprint density at radius 3 is 2.64 bits per heavy atom. The van der Waals surface area contributed by atoms with Gasteiger partial charge in [-0.3, -0.25) is 4.79 Å². The highest BCUT2D eigenvalue weighted by atomic mass is 16.4. The molecule has 0 bridgehead atoms. The summed E-state index contributed by atoms with van der Waals surface area (Å²) >= 11 is 0. The molecule has 0 saturated heterocycles. The number of carboxylic acid groups (broad SMARTS) is 1. The van der Waals surface area contributed by atoms with E-state index < -0.39 is 5.97 Å². The van der Waals surface area contributed by atoms with E-state index >= 15 is 0 Å². The first kappa shape index (κ1) is 13.2. The molecule has 1 N–H and O–H groups in total. The summed E-state index contributed by atoms with van der Waals surface area (Å²) in [5.74, 6) is 0.0823. The number of unbranched alkanes of at least 4 members (excludes halogenated alkanes) is 2. The highest BCUT2D eigenvalue weighted by molar-refractivity contribution is 5.66. The average molecular weight is 198 g/mol. The Morgan fingerprint density at radius 2 is 2.07 bits per heavy atom. The van der Waals surface area contributed by atoms with Gasteiger partial charge in [0.05, 0.1) is 0 Å². The monoisotopic (exact) mass is 198 g/mol. The van der Waals surface area contributed by atoms with Crippen molar-refractivity contribution >= 4 is 5.97 Å². The Labute approximate surface area is 87.0 Å². The van der Waals surface area contributed by atoms with Gasteiger partial charge in [0.15, 0.2) is 0 Å².